The van der Waals surface area contributed by atoms with Crippen LogP contribution < -0.4 is 0 Å². The van der Waals surface area contributed by atoms with Crippen LogP contribution in [-0.2, 0) is 22.6 Å². The van der Waals surface area contributed by atoms with Gasteiger partial charge in [0.2, 0.25) is 0 Å². The highest BCUT2D eigenvalue weighted by Gasteiger charge is 2.11. The molecule has 0 spiro atoms. The lowest BCUT2D eigenvalue weighted by Crippen LogP contribution is -2.00. The standard InChI is InChI=1S/C14H17NO2/c1-4-13-12(8-17-10(3)16)11-7-9(2)5-6-14(11)15-13/h5-7,15H,4,8H2,1-3H3. The second kappa shape index (κ2) is 4.62. The number of carbonyl (C=O) groups excluding carboxylic acids is 1. The normalized spacial score (nSPS) is 10.8. The largest absolute Gasteiger partial charge is 0.461 e. The van der Waals surface area contributed by atoms with E-state index in [1.807, 2.05) is 0 Å². The van der Waals surface area contributed by atoms with Gasteiger partial charge >= 0.3 is 5.97 Å². The van der Waals surface area contributed by atoms with Crippen LogP contribution in [0.15, 0.2) is 18.2 Å². The molecule has 1 heterocycles. The Balaban J connectivity index is 2.48. The summed E-state index contributed by atoms with van der Waals surface area (Å²) >= 11 is 0. The topological polar surface area (TPSA) is 42.1 Å². The summed E-state index contributed by atoms with van der Waals surface area (Å²) in [5, 5.41) is 1.16. The molecule has 0 radical (unpaired) electrons. The molecular formula is C14H17NO2. The predicted octanol–water partition coefficient (Wildman–Crippen LogP) is 3.10. The number of carbonyl (C=O) groups is 1. The lowest BCUT2D eigenvalue weighted by molar-refractivity contribution is -0.142. The minimum absolute atomic E-state index is 0.242. The third-order valence-corrected chi connectivity index (χ3v) is 2.92. The molecular weight excluding hydrogens is 214 g/mol. The van der Waals surface area contributed by atoms with Crippen LogP contribution in [0.5, 0.6) is 0 Å². The second-order valence-corrected chi connectivity index (χ2v) is 4.26. The lowest BCUT2D eigenvalue weighted by atomic mass is 10.1. The number of hydrogen-bond acceptors (Lipinski definition) is 2. The van der Waals surface area contributed by atoms with E-state index in [0.29, 0.717) is 6.61 Å². The highest BCUT2D eigenvalue weighted by Crippen LogP contribution is 2.24. The number of H-pyrrole nitrogens is 1. The van der Waals surface area contributed by atoms with Crippen molar-refractivity contribution >= 4 is 16.9 Å². The Bertz CT molecular complexity index is 555. The molecule has 0 aliphatic heterocycles. The van der Waals surface area contributed by atoms with Crippen molar-refractivity contribution in [2.24, 2.45) is 0 Å². The molecule has 2 rings (SSSR count). The monoisotopic (exact) mass is 231 g/mol. The molecule has 1 N–H and O–H groups in total. The molecule has 2 aromatic rings. The predicted molar refractivity (Wildman–Crippen MR) is 67.9 cm³/mol. The van der Waals surface area contributed by atoms with Gasteiger partial charge in [0, 0.05) is 29.1 Å². The van der Waals surface area contributed by atoms with Gasteiger partial charge in [-0.25, -0.2) is 0 Å². The van der Waals surface area contributed by atoms with E-state index >= 15 is 0 Å². The van der Waals surface area contributed by atoms with E-state index < -0.39 is 0 Å². The Morgan fingerprint density at radius 1 is 1.41 bits per heavy atom. The molecule has 0 amide bonds. The van der Waals surface area contributed by atoms with Gasteiger partial charge in [0.25, 0.3) is 0 Å². The van der Waals surface area contributed by atoms with Crippen molar-refractivity contribution in [2.75, 3.05) is 0 Å². The third-order valence-electron chi connectivity index (χ3n) is 2.92. The van der Waals surface area contributed by atoms with E-state index in [0.717, 1.165) is 28.6 Å². The number of nitrogens with one attached hydrogen (secondary N) is 1. The molecule has 17 heavy (non-hydrogen) atoms. The molecule has 0 atom stereocenters. The number of aromatic nitrogens is 1. The molecule has 0 unspecified atom stereocenters. The zero-order valence-electron chi connectivity index (χ0n) is 10.5. The van der Waals surface area contributed by atoms with Gasteiger partial charge in [0.15, 0.2) is 0 Å². The van der Waals surface area contributed by atoms with Crippen LogP contribution in [0, 0.1) is 6.92 Å². The number of esters is 1. The van der Waals surface area contributed by atoms with Gasteiger partial charge in [-0.2, -0.15) is 0 Å². The van der Waals surface area contributed by atoms with Crippen LogP contribution in [0.1, 0.15) is 30.7 Å². The maximum absolute atomic E-state index is 10.9. The fraction of sp³-hybridized carbons (Fsp3) is 0.357. The molecule has 3 heteroatoms. The number of benzene rings is 1. The molecule has 0 bridgehead atoms. The first-order valence-electron chi connectivity index (χ1n) is 5.85. The van der Waals surface area contributed by atoms with E-state index in [2.05, 4.69) is 37.0 Å². The van der Waals surface area contributed by atoms with Gasteiger partial charge in [-0.1, -0.05) is 18.6 Å². The molecule has 0 saturated carbocycles. The van der Waals surface area contributed by atoms with Gasteiger partial charge in [0.05, 0.1) is 0 Å². The summed E-state index contributed by atoms with van der Waals surface area (Å²) in [4.78, 5) is 14.3. The smallest absolute Gasteiger partial charge is 0.302 e. The van der Waals surface area contributed by atoms with Crippen LogP contribution in [0.4, 0.5) is 0 Å². The number of rotatable bonds is 3. The summed E-state index contributed by atoms with van der Waals surface area (Å²) < 4.78 is 5.12. The van der Waals surface area contributed by atoms with Gasteiger partial charge in [0.1, 0.15) is 6.61 Å². The van der Waals surface area contributed by atoms with E-state index in [1.165, 1.54) is 12.5 Å². The number of aromatic amines is 1. The van der Waals surface area contributed by atoms with Crippen LogP contribution >= 0.6 is 0 Å². The minimum atomic E-state index is -0.242. The van der Waals surface area contributed by atoms with Crippen LogP contribution in [0.25, 0.3) is 10.9 Å². The Morgan fingerprint density at radius 2 is 2.18 bits per heavy atom. The highest BCUT2D eigenvalue weighted by atomic mass is 16.5. The molecule has 90 valence electrons. The first kappa shape index (κ1) is 11.7. The van der Waals surface area contributed by atoms with Crippen LogP contribution in [0.2, 0.25) is 0 Å². The van der Waals surface area contributed by atoms with Crippen molar-refractivity contribution in [1.82, 2.24) is 4.98 Å². The molecule has 1 aromatic heterocycles. The van der Waals surface area contributed by atoms with E-state index in [-0.39, 0.29) is 5.97 Å². The summed E-state index contributed by atoms with van der Waals surface area (Å²) in [6.45, 7) is 5.94. The summed E-state index contributed by atoms with van der Waals surface area (Å²) in [5.41, 5.74) is 4.56. The molecule has 3 nitrogen and oxygen atoms in total. The van der Waals surface area contributed by atoms with Crippen molar-refractivity contribution in [3.05, 3.63) is 35.0 Å². The summed E-state index contributed by atoms with van der Waals surface area (Å²) in [6, 6.07) is 6.28. The number of fused-ring (bicyclic) bond motifs is 1. The quantitative estimate of drug-likeness (QED) is 0.825. The molecule has 0 fully saturated rings. The molecule has 1 aromatic carbocycles. The zero-order valence-corrected chi connectivity index (χ0v) is 10.5. The maximum Gasteiger partial charge on any atom is 0.302 e. The summed E-state index contributed by atoms with van der Waals surface area (Å²) in [6.07, 6.45) is 0.907. The fourth-order valence-electron chi connectivity index (χ4n) is 2.06. The number of ether oxygens (including phenoxy) is 1. The lowest BCUT2D eigenvalue weighted by Gasteiger charge is -2.03. The first-order valence-corrected chi connectivity index (χ1v) is 5.85. The Labute approximate surface area is 101 Å². The molecule has 0 aliphatic carbocycles. The van der Waals surface area contributed by atoms with E-state index in [1.54, 1.807) is 0 Å². The molecule has 0 saturated heterocycles. The maximum atomic E-state index is 10.9. The SMILES string of the molecule is CCc1[nH]c2ccc(C)cc2c1COC(C)=O. The Hall–Kier alpha value is -1.77. The first-order chi connectivity index (χ1) is 8.11. The third kappa shape index (κ3) is 2.33. The number of hydrogen-bond donors (Lipinski definition) is 1. The van der Waals surface area contributed by atoms with Crippen molar-refractivity contribution in [1.29, 1.82) is 0 Å². The molecule has 0 aliphatic rings. The van der Waals surface area contributed by atoms with E-state index in [4.69, 9.17) is 4.74 Å². The van der Waals surface area contributed by atoms with Crippen molar-refractivity contribution in [3.8, 4) is 0 Å². The van der Waals surface area contributed by atoms with Crippen LogP contribution in [0.3, 0.4) is 0 Å². The average Bonchev–Trinajstić information content (AvgIpc) is 2.63. The minimum Gasteiger partial charge on any atom is -0.461 e. The van der Waals surface area contributed by atoms with Gasteiger partial charge in [-0.3, -0.25) is 4.79 Å². The van der Waals surface area contributed by atoms with Crippen LogP contribution in [-0.4, -0.2) is 11.0 Å². The highest BCUT2D eigenvalue weighted by molar-refractivity contribution is 5.85. The zero-order chi connectivity index (χ0) is 12.4. The second-order valence-electron chi connectivity index (χ2n) is 4.26. The van der Waals surface area contributed by atoms with Crippen molar-refractivity contribution in [2.45, 2.75) is 33.8 Å². The Morgan fingerprint density at radius 3 is 2.82 bits per heavy atom. The van der Waals surface area contributed by atoms with Gasteiger partial charge in [-0.05, 0) is 25.5 Å². The van der Waals surface area contributed by atoms with Crippen molar-refractivity contribution < 1.29 is 9.53 Å². The summed E-state index contributed by atoms with van der Waals surface area (Å²) in [5.74, 6) is -0.242. The van der Waals surface area contributed by atoms with E-state index in [9.17, 15) is 4.79 Å². The Kier molecular flexibility index (Phi) is 3.18. The van der Waals surface area contributed by atoms with Gasteiger partial charge in [-0.15, -0.1) is 0 Å². The fourth-order valence-corrected chi connectivity index (χ4v) is 2.06. The van der Waals surface area contributed by atoms with Crippen molar-refractivity contribution in [3.63, 3.8) is 0 Å². The average molecular weight is 231 g/mol. The summed E-state index contributed by atoms with van der Waals surface area (Å²) in [7, 11) is 0. The number of aryl methyl sites for hydroxylation is 2. The van der Waals surface area contributed by atoms with Gasteiger partial charge < -0.3 is 9.72 Å².